The molecular formula is C12H17NO6S. The van der Waals surface area contributed by atoms with E-state index in [-0.39, 0.29) is 23.6 Å². The second-order valence-corrected chi connectivity index (χ2v) is 5.76. The Hall–Kier alpha value is -1.48. The van der Waals surface area contributed by atoms with Crippen molar-refractivity contribution in [2.24, 2.45) is 0 Å². The highest BCUT2D eigenvalue weighted by Gasteiger charge is 2.17. The number of sulfonamides is 1. The lowest BCUT2D eigenvalue weighted by atomic mass is 10.2. The van der Waals surface area contributed by atoms with Crippen LogP contribution in [0.15, 0.2) is 29.2 Å². The number of methoxy groups -OCH3 is 2. The minimum absolute atomic E-state index is 0.00484. The molecule has 0 spiro atoms. The molecule has 0 aliphatic rings. The van der Waals surface area contributed by atoms with E-state index < -0.39 is 22.1 Å². The van der Waals surface area contributed by atoms with Gasteiger partial charge in [-0.1, -0.05) is 0 Å². The van der Waals surface area contributed by atoms with Crippen LogP contribution in [0.5, 0.6) is 0 Å². The molecule has 1 unspecified atom stereocenters. The van der Waals surface area contributed by atoms with Gasteiger partial charge in [0.1, 0.15) is 0 Å². The fourth-order valence-electron chi connectivity index (χ4n) is 1.46. The number of rotatable bonds is 8. The van der Waals surface area contributed by atoms with E-state index in [0.717, 1.165) is 0 Å². The van der Waals surface area contributed by atoms with Crippen LogP contribution in [-0.2, 0) is 19.5 Å². The van der Waals surface area contributed by atoms with Crippen molar-refractivity contribution < 1.29 is 27.8 Å². The Kier molecular flexibility index (Phi) is 6.08. The molecule has 0 heterocycles. The van der Waals surface area contributed by atoms with Gasteiger partial charge in [-0.05, 0) is 24.3 Å². The molecule has 1 rings (SSSR count). The zero-order valence-electron chi connectivity index (χ0n) is 11.2. The average molecular weight is 303 g/mol. The number of aromatic carboxylic acids is 1. The third-order valence-corrected chi connectivity index (χ3v) is 4.04. The lowest BCUT2D eigenvalue weighted by Gasteiger charge is -2.15. The Morgan fingerprint density at radius 1 is 1.30 bits per heavy atom. The van der Waals surface area contributed by atoms with E-state index in [0.29, 0.717) is 0 Å². The van der Waals surface area contributed by atoms with E-state index in [1.54, 1.807) is 0 Å². The molecule has 0 amide bonds. The van der Waals surface area contributed by atoms with Crippen LogP contribution in [0.2, 0.25) is 0 Å². The van der Waals surface area contributed by atoms with Crippen LogP contribution in [0.1, 0.15) is 10.4 Å². The van der Waals surface area contributed by atoms with Gasteiger partial charge in [0.2, 0.25) is 10.0 Å². The van der Waals surface area contributed by atoms with Crippen molar-refractivity contribution in [1.29, 1.82) is 0 Å². The van der Waals surface area contributed by atoms with Gasteiger partial charge in [-0.15, -0.1) is 0 Å². The molecule has 0 radical (unpaired) electrons. The monoisotopic (exact) mass is 303 g/mol. The highest BCUT2D eigenvalue weighted by Crippen LogP contribution is 2.10. The quantitative estimate of drug-likeness (QED) is 0.717. The molecule has 8 heteroatoms. The van der Waals surface area contributed by atoms with Crippen LogP contribution < -0.4 is 4.72 Å². The molecule has 0 saturated carbocycles. The summed E-state index contributed by atoms with van der Waals surface area (Å²) in [5.74, 6) is -1.11. The number of hydrogen-bond donors (Lipinski definition) is 2. The highest BCUT2D eigenvalue weighted by atomic mass is 32.2. The van der Waals surface area contributed by atoms with Crippen molar-refractivity contribution in [1.82, 2.24) is 4.72 Å². The summed E-state index contributed by atoms with van der Waals surface area (Å²) < 4.78 is 36.3. The first-order valence-electron chi connectivity index (χ1n) is 5.75. The summed E-state index contributed by atoms with van der Waals surface area (Å²) in [6, 6.07) is 4.95. The Balaban J connectivity index is 2.75. The number of hydrogen-bond acceptors (Lipinski definition) is 5. The van der Waals surface area contributed by atoms with E-state index in [1.807, 2.05) is 0 Å². The normalized spacial score (nSPS) is 13.1. The molecule has 2 N–H and O–H groups in total. The molecule has 0 bridgehead atoms. The van der Waals surface area contributed by atoms with E-state index in [1.165, 1.54) is 38.5 Å². The number of carbonyl (C=O) groups is 1. The minimum atomic E-state index is -3.70. The Morgan fingerprint density at radius 2 is 1.90 bits per heavy atom. The first-order chi connectivity index (χ1) is 9.40. The van der Waals surface area contributed by atoms with Crippen molar-refractivity contribution in [3.63, 3.8) is 0 Å². The molecule has 0 aliphatic carbocycles. The van der Waals surface area contributed by atoms with Crippen LogP contribution in [-0.4, -0.2) is 53.0 Å². The lowest BCUT2D eigenvalue weighted by molar-refractivity contribution is 0.0320. The maximum absolute atomic E-state index is 12.0. The molecule has 20 heavy (non-hydrogen) atoms. The van der Waals surface area contributed by atoms with Crippen LogP contribution in [0.25, 0.3) is 0 Å². The zero-order valence-corrected chi connectivity index (χ0v) is 12.0. The third-order valence-electron chi connectivity index (χ3n) is 2.60. The summed E-state index contributed by atoms with van der Waals surface area (Å²) in [4.78, 5) is 10.7. The molecule has 0 aliphatic heterocycles. The minimum Gasteiger partial charge on any atom is -0.478 e. The Bertz CT molecular complexity index is 540. The van der Waals surface area contributed by atoms with Gasteiger partial charge in [0.25, 0.3) is 0 Å². The molecule has 0 aromatic heterocycles. The van der Waals surface area contributed by atoms with Gasteiger partial charge in [-0.25, -0.2) is 17.9 Å². The molecule has 7 nitrogen and oxygen atoms in total. The maximum atomic E-state index is 12.0. The van der Waals surface area contributed by atoms with E-state index in [4.69, 9.17) is 14.6 Å². The van der Waals surface area contributed by atoms with Gasteiger partial charge in [-0.2, -0.15) is 0 Å². The van der Waals surface area contributed by atoms with Gasteiger partial charge in [0.15, 0.2) is 0 Å². The van der Waals surface area contributed by atoms with Crippen LogP contribution in [0, 0.1) is 0 Å². The van der Waals surface area contributed by atoms with Gasteiger partial charge >= 0.3 is 5.97 Å². The van der Waals surface area contributed by atoms with Crippen molar-refractivity contribution in [3.8, 4) is 0 Å². The number of ether oxygens (including phenoxy) is 2. The number of carboxylic acids is 1. The van der Waals surface area contributed by atoms with E-state index in [2.05, 4.69) is 4.72 Å². The first kappa shape index (κ1) is 16.6. The van der Waals surface area contributed by atoms with E-state index >= 15 is 0 Å². The molecule has 0 fully saturated rings. The predicted octanol–water partition coefficient (Wildman–Crippen LogP) is 0.324. The van der Waals surface area contributed by atoms with Crippen LogP contribution >= 0.6 is 0 Å². The van der Waals surface area contributed by atoms with Crippen LogP contribution in [0.4, 0.5) is 0 Å². The summed E-state index contributed by atoms with van der Waals surface area (Å²) in [5, 5.41) is 8.75. The smallest absolute Gasteiger partial charge is 0.335 e. The van der Waals surface area contributed by atoms with Gasteiger partial charge in [0.05, 0.1) is 23.2 Å². The summed E-state index contributed by atoms with van der Waals surface area (Å²) in [7, 11) is -0.756. The van der Waals surface area contributed by atoms with Crippen molar-refractivity contribution in [3.05, 3.63) is 29.8 Å². The first-order valence-corrected chi connectivity index (χ1v) is 7.23. The SMILES string of the molecule is COCC(CNS(=O)(=O)c1ccc(C(=O)O)cc1)OC. The van der Waals surface area contributed by atoms with Crippen molar-refractivity contribution in [2.75, 3.05) is 27.4 Å². The third kappa shape index (κ3) is 4.57. The van der Waals surface area contributed by atoms with Gasteiger partial charge in [-0.3, -0.25) is 0 Å². The summed E-state index contributed by atoms with van der Waals surface area (Å²) in [6.07, 6.45) is -0.395. The second-order valence-electron chi connectivity index (χ2n) is 3.99. The Morgan fingerprint density at radius 3 is 2.35 bits per heavy atom. The number of carboxylic acid groups (broad SMARTS) is 1. The maximum Gasteiger partial charge on any atom is 0.335 e. The summed E-state index contributed by atoms with van der Waals surface area (Å²) >= 11 is 0. The Labute approximate surface area is 117 Å². The lowest BCUT2D eigenvalue weighted by Crippen LogP contribution is -2.35. The number of nitrogens with one attached hydrogen (secondary N) is 1. The second kappa shape index (κ2) is 7.34. The van der Waals surface area contributed by atoms with Gasteiger partial charge < -0.3 is 14.6 Å². The predicted molar refractivity (Wildman–Crippen MR) is 71.3 cm³/mol. The summed E-state index contributed by atoms with van der Waals surface area (Å²) in [5.41, 5.74) is 0.0260. The fourth-order valence-corrected chi connectivity index (χ4v) is 2.53. The molecule has 0 saturated heterocycles. The number of benzene rings is 1. The topological polar surface area (TPSA) is 102 Å². The molecule has 112 valence electrons. The standard InChI is InChI=1S/C12H17NO6S/c1-18-8-10(19-2)7-13-20(16,17)11-5-3-9(4-6-11)12(14)15/h3-6,10,13H,7-8H2,1-2H3,(H,14,15). The fraction of sp³-hybridized carbons (Fsp3) is 0.417. The van der Waals surface area contributed by atoms with Crippen LogP contribution in [0.3, 0.4) is 0 Å². The summed E-state index contributed by atoms with van der Waals surface area (Å²) in [6.45, 7) is 0.324. The highest BCUT2D eigenvalue weighted by molar-refractivity contribution is 7.89. The zero-order chi connectivity index (χ0) is 15.2. The average Bonchev–Trinajstić information content (AvgIpc) is 2.43. The van der Waals surface area contributed by atoms with E-state index in [9.17, 15) is 13.2 Å². The van der Waals surface area contributed by atoms with Crippen molar-refractivity contribution >= 4 is 16.0 Å². The molecular weight excluding hydrogens is 286 g/mol. The molecule has 1 aromatic rings. The van der Waals surface area contributed by atoms with Gasteiger partial charge in [0, 0.05) is 20.8 Å². The largest absolute Gasteiger partial charge is 0.478 e. The molecule has 1 atom stereocenters. The molecule has 1 aromatic carbocycles. The van der Waals surface area contributed by atoms with Crippen molar-refractivity contribution in [2.45, 2.75) is 11.0 Å².